The van der Waals surface area contributed by atoms with E-state index in [0.717, 1.165) is 18.0 Å². The summed E-state index contributed by atoms with van der Waals surface area (Å²) in [6.07, 6.45) is 3.29. The highest BCUT2D eigenvalue weighted by Gasteiger charge is 2.11. The zero-order valence-electron chi connectivity index (χ0n) is 10.6. The Morgan fingerprint density at radius 2 is 1.89 bits per heavy atom. The largest absolute Gasteiger partial charge is 0.468 e. The molecule has 0 spiro atoms. The highest BCUT2D eigenvalue weighted by molar-refractivity contribution is 5.49. The molecule has 19 heavy (non-hydrogen) atoms. The normalized spacial score (nSPS) is 11.3. The fourth-order valence-electron chi connectivity index (χ4n) is 1.92. The quantitative estimate of drug-likeness (QED) is 0.703. The average molecular weight is 258 g/mol. The molecule has 0 radical (unpaired) electrons. The van der Waals surface area contributed by atoms with Crippen molar-refractivity contribution in [3.63, 3.8) is 0 Å². The summed E-state index contributed by atoms with van der Waals surface area (Å²) in [5.74, 6) is 2.26. The van der Waals surface area contributed by atoms with E-state index in [2.05, 4.69) is 10.1 Å². The van der Waals surface area contributed by atoms with Gasteiger partial charge in [0.05, 0.1) is 24.8 Å². The van der Waals surface area contributed by atoms with Gasteiger partial charge < -0.3 is 13.4 Å². The smallest absolute Gasteiger partial charge is 0.202 e. The van der Waals surface area contributed by atoms with Crippen LogP contribution in [0.15, 0.2) is 56.2 Å². The molecule has 3 rings (SSSR count). The summed E-state index contributed by atoms with van der Waals surface area (Å²) in [4.78, 5) is 2.10. The Bertz CT molecular complexity index is 611. The van der Waals surface area contributed by atoms with E-state index in [1.165, 1.54) is 0 Å². The molecule has 0 bridgehead atoms. The highest BCUT2D eigenvalue weighted by atomic mass is 16.5. The minimum absolute atomic E-state index is 0.645. The molecule has 0 atom stereocenters. The predicted octanol–water partition coefficient (Wildman–Crippen LogP) is 3.16. The second-order valence-corrected chi connectivity index (χ2v) is 4.41. The van der Waals surface area contributed by atoms with Crippen LogP contribution < -0.4 is 0 Å². The van der Waals surface area contributed by atoms with Gasteiger partial charge in [0, 0.05) is 12.6 Å². The van der Waals surface area contributed by atoms with Crippen LogP contribution in [-0.2, 0) is 13.1 Å². The molecule has 0 aliphatic carbocycles. The van der Waals surface area contributed by atoms with Crippen molar-refractivity contribution >= 4 is 0 Å². The average Bonchev–Trinajstić information content (AvgIpc) is 3.09. The Hall–Kier alpha value is -2.27. The molecule has 0 saturated carbocycles. The minimum Gasteiger partial charge on any atom is -0.468 e. The Balaban J connectivity index is 1.64. The van der Waals surface area contributed by atoms with Crippen LogP contribution in [0.2, 0.25) is 0 Å². The van der Waals surface area contributed by atoms with Crippen molar-refractivity contribution < 1.29 is 13.4 Å². The molecule has 3 aromatic heterocycles. The third-order valence-corrected chi connectivity index (χ3v) is 2.76. The van der Waals surface area contributed by atoms with Crippen LogP contribution >= 0.6 is 0 Å². The Morgan fingerprint density at radius 1 is 1.05 bits per heavy atom. The molecule has 5 nitrogen and oxygen atoms in total. The lowest BCUT2D eigenvalue weighted by molar-refractivity contribution is 0.278. The van der Waals surface area contributed by atoms with Crippen LogP contribution in [0.1, 0.15) is 11.5 Å². The van der Waals surface area contributed by atoms with Crippen LogP contribution in [0.5, 0.6) is 0 Å². The van der Waals surface area contributed by atoms with Gasteiger partial charge >= 0.3 is 0 Å². The predicted molar refractivity (Wildman–Crippen MR) is 68.1 cm³/mol. The lowest BCUT2D eigenvalue weighted by Gasteiger charge is -2.12. The fraction of sp³-hybridized carbons (Fsp3) is 0.214. The molecule has 0 aliphatic rings. The van der Waals surface area contributed by atoms with Crippen molar-refractivity contribution in [1.29, 1.82) is 0 Å². The molecule has 98 valence electrons. The number of hydrogen-bond acceptors (Lipinski definition) is 5. The Kier molecular flexibility index (Phi) is 3.20. The third kappa shape index (κ3) is 2.77. The van der Waals surface area contributed by atoms with Crippen LogP contribution in [0, 0.1) is 0 Å². The van der Waals surface area contributed by atoms with Crippen molar-refractivity contribution in [2.75, 3.05) is 7.05 Å². The molecular formula is C14H14N2O3. The molecule has 0 saturated heterocycles. The van der Waals surface area contributed by atoms with E-state index < -0.39 is 0 Å². The molecule has 0 N–H and O–H groups in total. The van der Waals surface area contributed by atoms with E-state index in [9.17, 15) is 0 Å². The van der Waals surface area contributed by atoms with E-state index in [4.69, 9.17) is 13.4 Å². The first-order valence-corrected chi connectivity index (χ1v) is 6.01. The monoisotopic (exact) mass is 258 g/mol. The van der Waals surface area contributed by atoms with Gasteiger partial charge in [0.1, 0.15) is 5.76 Å². The molecular weight excluding hydrogens is 244 g/mol. The zero-order valence-corrected chi connectivity index (χ0v) is 10.6. The summed E-state index contributed by atoms with van der Waals surface area (Å²) >= 11 is 0. The first-order valence-electron chi connectivity index (χ1n) is 6.01. The van der Waals surface area contributed by atoms with Crippen molar-refractivity contribution in [2.24, 2.45) is 0 Å². The molecule has 0 unspecified atom stereocenters. The topological polar surface area (TPSA) is 55.6 Å². The first-order chi connectivity index (χ1) is 9.31. The summed E-state index contributed by atoms with van der Waals surface area (Å²) in [6, 6.07) is 9.39. The summed E-state index contributed by atoms with van der Waals surface area (Å²) in [5.41, 5.74) is 0.862. The van der Waals surface area contributed by atoms with Crippen LogP contribution in [0.4, 0.5) is 0 Å². The van der Waals surface area contributed by atoms with E-state index in [-0.39, 0.29) is 0 Å². The van der Waals surface area contributed by atoms with Crippen molar-refractivity contribution in [1.82, 2.24) is 10.1 Å². The lowest BCUT2D eigenvalue weighted by Crippen LogP contribution is -2.16. The second-order valence-electron chi connectivity index (χ2n) is 4.41. The molecule has 3 aromatic rings. The maximum atomic E-state index is 5.31. The number of nitrogens with zero attached hydrogens (tertiary/aromatic N) is 2. The maximum Gasteiger partial charge on any atom is 0.202 e. The van der Waals surface area contributed by atoms with Crippen molar-refractivity contribution in [3.8, 4) is 11.5 Å². The van der Waals surface area contributed by atoms with E-state index in [0.29, 0.717) is 18.1 Å². The van der Waals surface area contributed by atoms with E-state index >= 15 is 0 Å². The van der Waals surface area contributed by atoms with Gasteiger partial charge in [-0.2, -0.15) is 0 Å². The first kappa shape index (κ1) is 11.8. The van der Waals surface area contributed by atoms with Crippen molar-refractivity contribution in [3.05, 3.63) is 54.3 Å². The van der Waals surface area contributed by atoms with Gasteiger partial charge in [-0.1, -0.05) is 5.16 Å². The summed E-state index contributed by atoms with van der Waals surface area (Å²) in [7, 11) is 2.00. The fourth-order valence-corrected chi connectivity index (χ4v) is 1.92. The summed E-state index contributed by atoms with van der Waals surface area (Å²) < 4.78 is 15.8. The number of hydrogen-bond donors (Lipinski definition) is 0. The molecule has 0 aliphatic heterocycles. The van der Waals surface area contributed by atoms with Gasteiger partial charge in [0.2, 0.25) is 5.76 Å². The Morgan fingerprint density at radius 3 is 2.63 bits per heavy atom. The molecule has 5 heteroatoms. The molecule has 0 amide bonds. The molecule has 3 heterocycles. The van der Waals surface area contributed by atoms with Gasteiger partial charge in [-0.3, -0.25) is 4.90 Å². The van der Waals surface area contributed by atoms with Gasteiger partial charge in [0.15, 0.2) is 5.76 Å². The van der Waals surface area contributed by atoms with Gasteiger partial charge in [-0.25, -0.2) is 0 Å². The standard InChI is InChI=1S/C14H14N2O3/c1-16(10-12-4-2-6-17-12)9-11-8-14(19-15-11)13-5-3-7-18-13/h2-8H,9-10H2,1H3. The number of furan rings is 2. The third-order valence-electron chi connectivity index (χ3n) is 2.76. The number of aromatic nitrogens is 1. The molecule has 0 fully saturated rings. The van der Waals surface area contributed by atoms with Gasteiger partial charge in [-0.15, -0.1) is 0 Å². The SMILES string of the molecule is CN(Cc1cc(-c2ccco2)on1)Cc1ccco1. The van der Waals surface area contributed by atoms with Crippen LogP contribution in [0.3, 0.4) is 0 Å². The van der Waals surface area contributed by atoms with Crippen molar-refractivity contribution in [2.45, 2.75) is 13.1 Å². The maximum absolute atomic E-state index is 5.31. The number of rotatable bonds is 5. The van der Waals surface area contributed by atoms with Gasteiger partial charge in [-0.05, 0) is 31.3 Å². The van der Waals surface area contributed by atoms with E-state index in [1.807, 2.05) is 37.4 Å². The summed E-state index contributed by atoms with van der Waals surface area (Å²) in [5, 5.41) is 4.03. The highest BCUT2D eigenvalue weighted by Crippen LogP contribution is 2.21. The van der Waals surface area contributed by atoms with Crippen LogP contribution in [-0.4, -0.2) is 17.1 Å². The van der Waals surface area contributed by atoms with E-state index in [1.54, 1.807) is 12.5 Å². The molecule has 0 aromatic carbocycles. The second kappa shape index (κ2) is 5.16. The van der Waals surface area contributed by atoms with Crippen LogP contribution in [0.25, 0.3) is 11.5 Å². The Labute approximate surface area is 110 Å². The lowest BCUT2D eigenvalue weighted by atomic mass is 10.3. The summed E-state index contributed by atoms with van der Waals surface area (Å²) in [6.45, 7) is 1.42. The zero-order chi connectivity index (χ0) is 13.1. The minimum atomic E-state index is 0.645. The van der Waals surface area contributed by atoms with Gasteiger partial charge in [0.25, 0.3) is 0 Å².